The van der Waals surface area contributed by atoms with Crippen LogP contribution in [0.5, 0.6) is 0 Å². The first-order valence-corrected chi connectivity index (χ1v) is 5.82. The molecule has 0 fully saturated rings. The van der Waals surface area contributed by atoms with Gasteiger partial charge >= 0.3 is 0 Å². The Bertz CT molecular complexity index is 474. The molecule has 0 atom stereocenters. The van der Waals surface area contributed by atoms with Crippen LogP contribution in [0.15, 0.2) is 29.3 Å². The molecule has 1 aliphatic heterocycles. The van der Waals surface area contributed by atoms with E-state index in [9.17, 15) is 8.42 Å². The molecule has 0 aliphatic carbocycles. The van der Waals surface area contributed by atoms with Crippen LogP contribution in [-0.4, -0.2) is 19.7 Å². The van der Waals surface area contributed by atoms with Crippen molar-refractivity contribution in [2.24, 2.45) is 4.99 Å². The molecule has 4 heteroatoms. The highest BCUT2D eigenvalue weighted by atomic mass is 32.2. The molecule has 1 aromatic carbocycles. The van der Waals surface area contributed by atoms with Crippen LogP contribution in [0.2, 0.25) is 0 Å². The molecule has 0 aromatic heterocycles. The van der Waals surface area contributed by atoms with Crippen molar-refractivity contribution >= 4 is 20.6 Å². The van der Waals surface area contributed by atoms with E-state index in [-0.39, 0.29) is 5.04 Å². The maximum absolute atomic E-state index is 11.2. The van der Waals surface area contributed by atoms with E-state index < -0.39 is 9.84 Å². The Labute approximate surface area is 77.0 Å². The van der Waals surface area contributed by atoms with Gasteiger partial charge in [0.1, 0.15) is 5.04 Å². The SMILES string of the molecule is CS(=O)(=O)C1=Nc2ccccc2C1. The number of hydrogen-bond donors (Lipinski definition) is 0. The van der Waals surface area contributed by atoms with Crippen LogP contribution in [0.25, 0.3) is 0 Å². The lowest BCUT2D eigenvalue weighted by atomic mass is 10.2. The second-order valence-corrected chi connectivity index (χ2v) is 5.10. The first-order chi connectivity index (χ1) is 6.07. The average Bonchev–Trinajstić information content (AvgIpc) is 2.45. The summed E-state index contributed by atoms with van der Waals surface area (Å²) in [5.74, 6) is 0. The first kappa shape index (κ1) is 8.44. The molecule has 1 aliphatic rings. The summed E-state index contributed by atoms with van der Waals surface area (Å²) in [6, 6.07) is 7.47. The number of rotatable bonds is 0. The van der Waals surface area contributed by atoms with Gasteiger partial charge < -0.3 is 0 Å². The average molecular weight is 195 g/mol. The number of fused-ring (bicyclic) bond motifs is 1. The van der Waals surface area contributed by atoms with Gasteiger partial charge in [-0.1, -0.05) is 18.2 Å². The Hall–Kier alpha value is -1.16. The zero-order valence-electron chi connectivity index (χ0n) is 7.19. The van der Waals surface area contributed by atoms with Gasteiger partial charge in [0.15, 0.2) is 9.84 Å². The van der Waals surface area contributed by atoms with Gasteiger partial charge in [0.05, 0.1) is 5.69 Å². The molecule has 0 saturated carbocycles. The van der Waals surface area contributed by atoms with Crippen molar-refractivity contribution in [3.8, 4) is 0 Å². The fraction of sp³-hybridized carbons (Fsp3) is 0.222. The third-order valence-electron chi connectivity index (χ3n) is 2.01. The predicted octanol–water partition coefficient (Wildman–Crippen LogP) is 1.32. The summed E-state index contributed by atoms with van der Waals surface area (Å²) < 4.78 is 22.3. The molecular weight excluding hydrogens is 186 g/mol. The summed E-state index contributed by atoms with van der Waals surface area (Å²) in [5.41, 5.74) is 1.77. The van der Waals surface area contributed by atoms with Crippen LogP contribution in [0.3, 0.4) is 0 Å². The van der Waals surface area contributed by atoms with Gasteiger partial charge in [-0.3, -0.25) is 0 Å². The smallest absolute Gasteiger partial charge is 0.189 e. The fourth-order valence-electron chi connectivity index (χ4n) is 1.32. The molecule has 0 N–H and O–H groups in total. The molecule has 1 aromatic rings. The molecule has 3 nitrogen and oxygen atoms in total. The lowest BCUT2D eigenvalue weighted by molar-refractivity contribution is 0.612. The van der Waals surface area contributed by atoms with Crippen molar-refractivity contribution in [3.63, 3.8) is 0 Å². The molecular formula is C9H9NO2S. The first-order valence-electron chi connectivity index (χ1n) is 3.93. The highest BCUT2D eigenvalue weighted by Gasteiger charge is 2.21. The van der Waals surface area contributed by atoms with Crippen molar-refractivity contribution in [3.05, 3.63) is 29.8 Å². The van der Waals surface area contributed by atoms with Crippen molar-refractivity contribution in [2.45, 2.75) is 6.42 Å². The van der Waals surface area contributed by atoms with E-state index in [1.807, 2.05) is 24.3 Å². The van der Waals surface area contributed by atoms with Gasteiger partial charge in [-0.05, 0) is 11.6 Å². The number of benzene rings is 1. The minimum absolute atomic E-state index is 0.272. The van der Waals surface area contributed by atoms with Gasteiger partial charge in [-0.25, -0.2) is 13.4 Å². The van der Waals surface area contributed by atoms with Gasteiger partial charge in [0.2, 0.25) is 0 Å². The minimum Gasteiger partial charge on any atom is -0.241 e. The maximum atomic E-state index is 11.2. The molecule has 0 amide bonds. The third-order valence-corrected chi connectivity index (χ3v) is 3.10. The molecule has 0 unspecified atom stereocenters. The Morgan fingerprint density at radius 3 is 2.62 bits per heavy atom. The Morgan fingerprint density at radius 1 is 1.31 bits per heavy atom. The van der Waals surface area contributed by atoms with E-state index >= 15 is 0 Å². The van der Waals surface area contributed by atoms with Gasteiger partial charge in [0.25, 0.3) is 0 Å². The molecule has 1 heterocycles. The van der Waals surface area contributed by atoms with Crippen LogP contribution in [0.4, 0.5) is 5.69 Å². The summed E-state index contributed by atoms with van der Waals surface area (Å²) in [4.78, 5) is 4.05. The lowest BCUT2D eigenvalue weighted by Gasteiger charge is -1.93. The molecule has 0 saturated heterocycles. The van der Waals surface area contributed by atoms with Gasteiger partial charge in [0, 0.05) is 12.7 Å². The summed E-state index contributed by atoms with van der Waals surface area (Å²) in [5, 5.41) is 0.272. The van der Waals surface area contributed by atoms with E-state index in [4.69, 9.17) is 0 Å². The number of nitrogens with zero attached hydrogens (tertiary/aromatic N) is 1. The van der Waals surface area contributed by atoms with E-state index in [1.54, 1.807) is 0 Å². The summed E-state index contributed by atoms with van der Waals surface area (Å²) >= 11 is 0. The zero-order valence-corrected chi connectivity index (χ0v) is 8.00. The fourth-order valence-corrected chi connectivity index (χ4v) is 2.00. The quantitative estimate of drug-likeness (QED) is 0.626. The Kier molecular flexibility index (Phi) is 1.73. The summed E-state index contributed by atoms with van der Waals surface area (Å²) in [6.45, 7) is 0. The highest BCUT2D eigenvalue weighted by Crippen LogP contribution is 2.27. The van der Waals surface area contributed by atoms with E-state index in [0.717, 1.165) is 11.3 Å². The molecule has 68 valence electrons. The number of sulfone groups is 1. The van der Waals surface area contributed by atoms with Crippen LogP contribution >= 0.6 is 0 Å². The zero-order chi connectivity index (χ0) is 9.47. The number of aliphatic imine (C=N–C) groups is 1. The largest absolute Gasteiger partial charge is 0.241 e. The number of hydrogen-bond acceptors (Lipinski definition) is 3. The van der Waals surface area contributed by atoms with Crippen LogP contribution in [0, 0.1) is 0 Å². The van der Waals surface area contributed by atoms with Crippen molar-refractivity contribution in [1.82, 2.24) is 0 Å². The third kappa shape index (κ3) is 1.49. The van der Waals surface area contributed by atoms with Gasteiger partial charge in [-0.2, -0.15) is 0 Å². The normalized spacial score (nSPS) is 15.3. The second kappa shape index (κ2) is 2.67. The highest BCUT2D eigenvalue weighted by molar-refractivity contribution is 8.05. The van der Waals surface area contributed by atoms with Crippen molar-refractivity contribution in [1.29, 1.82) is 0 Å². The topological polar surface area (TPSA) is 46.5 Å². The molecule has 13 heavy (non-hydrogen) atoms. The van der Waals surface area contributed by atoms with E-state index in [2.05, 4.69) is 4.99 Å². The van der Waals surface area contributed by atoms with E-state index in [1.165, 1.54) is 6.26 Å². The standard InChI is InChI=1S/C9H9NO2S/c1-13(11,12)9-6-7-4-2-3-5-8(7)10-9/h2-5H,6H2,1H3. The van der Waals surface area contributed by atoms with Crippen LogP contribution in [0.1, 0.15) is 5.56 Å². The Balaban J connectivity index is 2.48. The summed E-state index contributed by atoms with van der Waals surface area (Å²) in [6.07, 6.45) is 1.63. The summed E-state index contributed by atoms with van der Waals surface area (Å²) in [7, 11) is -3.12. The molecule has 2 rings (SSSR count). The van der Waals surface area contributed by atoms with Crippen molar-refractivity contribution in [2.75, 3.05) is 6.26 Å². The lowest BCUT2D eigenvalue weighted by Crippen LogP contribution is -2.11. The van der Waals surface area contributed by atoms with Crippen molar-refractivity contribution < 1.29 is 8.42 Å². The number of para-hydroxylation sites is 1. The monoisotopic (exact) mass is 195 g/mol. The minimum atomic E-state index is -3.12. The van der Waals surface area contributed by atoms with Crippen LogP contribution in [-0.2, 0) is 16.3 Å². The molecule has 0 spiro atoms. The Morgan fingerprint density at radius 2 is 2.00 bits per heavy atom. The molecule has 0 radical (unpaired) electrons. The van der Waals surface area contributed by atoms with Gasteiger partial charge in [-0.15, -0.1) is 0 Å². The predicted molar refractivity (Wildman–Crippen MR) is 52.1 cm³/mol. The van der Waals surface area contributed by atoms with E-state index in [0.29, 0.717) is 6.42 Å². The second-order valence-electron chi connectivity index (χ2n) is 3.08. The molecule has 0 bridgehead atoms. The maximum Gasteiger partial charge on any atom is 0.189 e. The van der Waals surface area contributed by atoms with Crippen LogP contribution < -0.4 is 0 Å².